The third kappa shape index (κ3) is 2.42. The van der Waals surface area contributed by atoms with Crippen LogP contribution in [0.4, 0.5) is 0 Å². The van der Waals surface area contributed by atoms with E-state index in [1.165, 1.54) is 0 Å². The number of nitrogens with one attached hydrogen (secondary N) is 1. The van der Waals surface area contributed by atoms with Gasteiger partial charge >= 0.3 is 0 Å². The molecule has 1 rings (SSSR count). The molecule has 12 heavy (non-hydrogen) atoms. The summed E-state index contributed by atoms with van der Waals surface area (Å²) >= 11 is 0. The van der Waals surface area contributed by atoms with Crippen LogP contribution in [0.3, 0.4) is 0 Å². The van der Waals surface area contributed by atoms with Crippen molar-refractivity contribution in [3.63, 3.8) is 0 Å². The van der Waals surface area contributed by atoms with Crippen molar-refractivity contribution >= 4 is 0 Å². The second-order valence-electron chi connectivity index (χ2n) is 3.13. The monoisotopic (exact) mass is 174 g/mol. The lowest BCUT2D eigenvalue weighted by molar-refractivity contribution is -0.526. The van der Waals surface area contributed by atoms with E-state index >= 15 is 0 Å². The van der Waals surface area contributed by atoms with E-state index < -0.39 is 6.04 Å². The summed E-state index contributed by atoms with van der Waals surface area (Å²) in [4.78, 5) is 10.2. The minimum atomic E-state index is -0.414. The molecule has 0 aliphatic carbocycles. The summed E-state index contributed by atoms with van der Waals surface area (Å²) in [5.74, 6) is 0. The molecule has 2 N–H and O–H groups in total. The number of aliphatic hydroxyl groups excluding tert-OH is 1. The van der Waals surface area contributed by atoms with Gasteiger partial charge < -0.3 is 10.4 Å². The molecule has 0 radical (unpaired) electrons. The second-order valence-corrected chi connectivity index (χ2v) is 3.13. The lowest BCUT2D eigenvalue weighted by Gasteiger charge is -2.24. The van der Waals surface area contributed by atoms with Crippen LogP contribution in [0.2, 0.25) is 0 Å². The Morgan fingerprint density at radius 1 is 1.67 bits per heavy atom. The van der Waals surface area contributed by atoms with Gasteiger partial charge in [0.05, 0.1) is 0 Å². The van der Waals surface area contributed by atoms with E-state index in [1.54, 1.807) is 0 Å². The van der Waals surface area contributed by atoms with Gasteiger partial charge in [0.1, 0.15) is 0 Å². The molecule has 1 fully saturated rings. The summed E-state index contributed by atoms with van der Waals surface area (Å²) in [7, 11) is 0. The van der Waals surface area contributed by atoms with Crippen LogP contribution < -0.4 is 5.32 Å². The van der Waals surface area contributed by atoms with E-state index in [1.807, 2.05) is 0 Å². The summed E-state index contributed by atoms with van der Waals surface area (Å²) in [6.45, 7) is 0.790. The highest BCUT2D eigenvalue weighted by molar-refractivity contribution is 4.77. The molecule has 1 aliphatic rings. The van der Waals surface area contributed by atoms with Gasteiger partial charge in [0, 0.05) is 37.0 Å². The van der Waals surface area contributed by atoms with Crippen molar-refractivity contribution in [1.82, 2.24) is 5.32 Å². The molecular weight excluding hydrogens is 160 g/mol. The Kier molecular flexibility index (Phi) is 3.43. The highest BCUT2D eigenvalue weighted by Crippen LogP contribution is 2.13. The molecule has 0 aromatic rings. The predicted molar refractivity (Wildman–Crippen MR) is 43.5 cm³/mol. The van der Waals surface area contributed by atoms with Gasteiger partial charge in [0.2, 0.25) is 6.04 Å². The molecule has 0 spiro atoms. The van der Waals surface area contributed by atoms with E-state index in [4.69, 9.17) is 5.11 Å². The lowest BCUT2D eigenvalue weighted by Crippen LogP contribution is -2.43. The molecule has 1 saturated heterocycles. The zero-order valence-electron chi connectivity index (χ0n) is 6.90. The molecule has 0 aromatic heterocycles. The standard InChI is InChI=1S/C7H14N2O3/c10-4-2-6-5-7(9(11)12)1-3-8-6/h6-8,10H,1-5H2. The van der Waals surface area contributed by atoms with Gasteiger partial charge in [0.25, 0.3) is 0 Å². The Balaban J connectivity index is 2.35. The van der Waals surface area contributed by atoms with Crippen LogP contribution in [-0.2, 0) is 0 Å². The van der Waals surface area contributed by atoms with Crippen molar-refractivity contribution in [3.8, 4) is 0 Å². The molecule has 0 saturated carbocycles. The molecule has 0 aromatic carbocycles. The Hall–Kier alpha value is -0.680. The summed E-state index contributed by atoms with van der Waals surface area (Å²) in [6.07, 6.45) is 1.77. The average molecular weight is 174 g/mol. The van der Waals surface area contributed by atoms with Gasteiger partial charge in [-0.1, -0.05) is 0 Å². The first kappa shape index (κ1) is 9.41. The van der Waals surface area contributed by atoms with Crippen molar-refractivity contribution < 1.29 is 10.0 Å². The Bertz CT molecular complexity index is 161. The highest BCUT2D eigenvalue weighted by atomic mass is 16.6. The first-order chi connectivity index (χ1) is 5.74. The van der Waals surface area contributed by atoms with Crippen LogP contribution in [0.1, 0.15) is 19.3 Å². The molecule has 2 unspecified atom stereocenters. The maximum Gasteiger partial charge on any atom is 0.215 e. The van der Waals surface area contributed by atoms with Crippen LogP contribution in [0.15, 0.2) is 0 Å². The maximum atomic E-state index is 10.4. The number of aliphatic hydroxyl groups is 1. The van der Waals surface area contributed by atoms with Crippen LogP contribution in [0.25, 0.3) is 0 Å². The third-order valence-electron chi connectivity index (χ3n) is 2.24. The summed E-state index contributed by atoms with van der Waals surface area (Å²) in [5.41, 5.74) is 0. The summed E-state index contributed by atoms with van der Waals surface area (Å²) in [5, 5.41) is 22.2. The van der Waals surface area contributed by atoms with Crippen LogP contribution in [0.5, 0.6) is 0 Å². The minimum absolute atomic E-state index is 0.0993. The van der Waals surface area contributed by atoms with Crippen molar-refractivity contribution in [2.45, 2.75) is 31.3 Å². The maximum absolute atomic E-state index is 10.4. The first-order valence-corrected chi connectivity index (χ1v) is 4.21. The molecular formula is C7H14N2O3. The zero-order chi connectivity index (χ0) is 8.97. The van der Waals surface area contributed by atoms with Gasteiger partial charge in [-0.25, -0.2) is 0 Å². The van der Waals surface area contributed by atoms with E-state index in [2.05, 4.69) is 5.32 Å². The molecule has 1 heterocycles. The van der Waals surface area contributed by atoms with Crippen molar-refractivity contribution in [1.29, 1.82) is 0 Å². The fourth-order valence-corrected chi connectivity index (χ4v) is 1.55. The molecule has 0 bridgehead atoms. The molecule has 70 valence electrons. The fourth-order valence-electron chi connectivity index (χ4n) is 1.55. The summed E-state index contributed by atoms with van der Waals surface area (Å²) < 4.78 is 0. The molecule has 2 atom stereocenters. The van der Waals surface area contributed by atoms with E-state index in [9.17, 15) is 10.1 Å². The fraction of sp³-hybridized carbons (Fsp3) is 1.00. The Labute approximate surface area is 70.9 Å². The van der Waals surface area contributed by atoms with E-state index in [0.717, 1.165) is 0 Å². The number of hydrogen-bond acceptors (Lipinski definition) is 4. The Morgan fingerprint density at radius 3 is 3.00 bits per heavy atom. The number of hydrogen-bond donors (Lipinski definition) is 2. The largest absolute Gasteiger partial charge is 0.396 e. The molecule has 5 heteroatoms. The molecule has 1 aliphatic heterocycles. The van der Waals surface area contributed by atoms with Crippen LogP contribution in [0, 0.1) is 10.1 Å². The smallest absolute Gasteiger partial charge is 0.215 e. The number of rotatable bonds is 3. The van der Waals surface area contributed by atoms with Crippen LogP contribution >= 0.6 is 0 Å². The van der Waals surface area contributed by atoms with Crippen molar-refractivity contribution in [2.24, 2.45) is 0 Å². The third-order valence-corrected chi connectivity index (χ3v) is 2.24. The molecule has 5 nitrogen and oxygen atoms in total. The van der Waals surface area contributed by atoms with Crippen molar-refractivity contribution in [3.05, 3.63) is 10.1 Å². The van der Waals surface area contributed by atoms with Gasteiger partial charge in [0.15, 0.2) is 0 Å². The first-order valence-electron chi connectivity index (χ1n) is 4.21. The predicted octanol–water partition coefficient (Wildman–Crippen LogP) is -0.234. The topological polar surface area (TPSA) is 75.4 Å². The average Bonchev–Trinajstić information content (AvgIpc) is 2.05. The summed E-state index contributed by atoms with van der Waals surface area (Å²) in [6, 6.07) is -0.290. The van der Waals surface area contributed by atoms with Crippen LogP contribution in [-0.4, -0.2) is 35.3 Å². The lowest BCUT2D eigenvalue weighted by atomic mass is 9.98. The normalized spacial score (nSPS) is 30.1. The molecule has 0 amide bonds. The van der Waals surface area contributed by atoms with Gasteiger partial charge in [-0.2, -0.15) is 0 Å². The minimum Gasteiger partial charge on any atom is -0.396 e. The van der Waals surface area contributed by atoms with E-state index in [-0.39, 0.29) is 17.6 Å². The second kappa shape index (κ2) is 4.37. The number of nitro groups is 1. The Morgan fingerprint density at radius 2 is 2.42 bits per heavy atom. The van der Waals surface area contributed by atoms with Gasteiger partial charge in [-0.15, -0.1) is 0 Å². The number of piperidine rings is 1. The van der Waals surface area contributed by atoms with E-state index in [0.29, 0.717) is 25.8 Å². The zero-order valence-corrected chi connectivity index (χ0v) is 6.90. The quantitative estimate of drug-likeness (QED) is 0.457. The number of nitrogens with zero attached hydrogens (tertiary/aromatic N) is 1. The highest BCUT2D eigenvalue weighted by Gasteiger charge is 2.28. The van der Waals surface area contributed by atoms with Gasteiger partial charge in [-0.05, 0) is 6.42 Å². The van der Waals surface area contributed by atoms with Crippen molar-refractivity contribution in [2.75, 3.05) is 13.2 Å². The van der Waals surface area contributed by atoms with Gasteiger partial charge in [-0.3, -0.25) is 10.1 Å². The SMILES string of the molecule is O=[N+]([O-])C1CCNC(CCO)C1.